The molecule has 20 heavy (non-hydrogen) atoms. The number of rotatable bonds is 5. The van der Waals surface area contributed by atoms with Gasteiger partial charge in [-0.3, -0.25) is 0 Å². The van der Waals surface area contributed by atoms with Gasteiger partial charge in [-0.15, -0.1) is 0 Å². The van der Waals surface area contributed by atoms with Gasteiger partial charge < -0.3 is 5.32 Å². The Balaban J connectivity index is 2.37. The van der Waals surface area contributed by atoms with Crippen LogP contribution in [-0.2, 0) is 12.8 Å². The zero-order valence-corrected chi connectivity index (χ0v) is 13.9. The fourth-order valence-electron chi connectivity index (χ4n) is 2.00. The molecule has 0 aliphatic carbocycles. The lowest BCUT2D eigenvalue weighted by molar-refractivity contribution is 0.835. The van der Waals surface area contributed by atoms with E-state index >= 15 is 0 Å². The topological polar surface area (TPSA) is 37.8 Å². The SMILES string of the molecule is CCCc1nc(Cc2ccccc2Cl)nc(NC)c1Br. The van der Waals surface area contributed by atoms with Crippen molar-refractivity contribution in [2.24, 2.45) is 0 Å². The van der Waals surface area contributed by atoms with Crippen LogP contribution in [0.25, 0.3) is 0 Å². The molecule has 2 aromatic rings. The number of anilines is 1. The van der Waals surface area contributed by atoms with Gasteiger partial charge in [0, 0.05) is 18.5 Å². The molecule has 1 aromatic heterocycles. The summed E-state index contributed by atoms with van der Waals surface area (Å²) in [6, 6.07) is 7.80. The van der Waals surface area contributed by atoms with Crippen LogP contribution in [-0.4, -0.2) is 17.0 Å². The van der Waals surface area contributed by atoms with Gasteiger partial charge in [0.05, 0.1) is 10.2 Å². The van der Waals surface area contributed by atoms with E-state index in [1.807, 2.05) is 31.3 Å². The highest BCUT2D eigenvalue weighted by molar-refractivity contribution is 9.10. The molecule has 0 aliphatic rings. The van der Waals surface area contributed by atoms with Crippen LogP contribution in [0.3, 0.4) is 0 Å². The van der Waals surface area contributed by atoms with Gasteiger partial charge in [-0.2, -0.15) is 0 Å². The average molecular weight is 355 g/mol. The molecular weight excluding hydrogens is 338 g/mol. The number of nitrogens with one attached hydrogen (secondary N) is 1. The minimum absolute atomic E-state index is 0.637. The zero-order valence-electron chi connectivity index (χ0n) is 11.6. The third-order valence-corrected chi connectivity index (χ3v) is 4.20. The molecular formula is C15H17BrClN3. The number of aryl methyl sites for hydroxylation is 1. The Labute approximate surface area is 132 Å². The molecule has 0 unspecified atom stereocenters. The van der Waals surface area contributed by atoms with Crippen LogP contribution >= 0.6 is 27.5 Å². The first-order chi connectivity index (χ1) is 9.65. The van der Waals surface area contributed by atoms with Crippen molar-refractivity contribution in [2.45, 2.75) is 26.2 Å². The van der Waals surface area contributed by atoms with E-state index in [9.17, 15) is 0 Å². The summed E-state index contributed by atoms with van der Waals surface area (Å²) in [7, 11) is 1.86. The van der Waals surface area contributed by atoms with E-state index in [4.69, 9.17) is 11.6 Å². The number of nitrogens with zero attached hydrogens (tertiary/aromatic N) is 2. The molecule has 1 N–H and O–H groups in total. The summed E-state index contributed by atoms with van der Waals surface area (Å²) < 4.78 is 0.949. The van der Waals surface area contributed by atoms with Gasteiger partial charge in [0.25, 0.3) is 0 Å². The quantitative estimate of drug-likeness (QED) is 0.860. The standard InChI is InChI=1S/C15H17BrClN3/c1-3-6-12-14(16)15(18-2)20-13(19-12)9-10-7-4-5-8-11(10)17/h4-5,7-8H,3,6,9H2,1-2H3,(H,18,19,20). The molecule has 5 heteroatoms. The van der Waals surface area contributed by atoms with Crippen molar-refractivity contribution in [1.29, 1.82) is 0 Å². The molecule has 0 amide bonds. The van der Waals surface area contributed by atoms with E-state index in [-0.39, 0.29) is 0 Å². The Kier molecular flexibility index (Phi) is 5.38. The van der Waals surface area contributed by atoms with Crippen molar-refractivity contribution in [3.8, 4) is 0 Å². The summed E-state index contributed by atoms with van der Waals surface area (Å²) >= 11 is 9.76. The predicted octanol–water partition coefficient (Wildman–Crippen LogP) is 4.48. The predicted molar refractivity (Wildman–Crippen MR) is 87.5 cm³/mol. The van der Waals surface area contributed by atoms with Crippen LogP contribution in [0.2, 0.25) is 5.02 Å². The van der Waals surface area contributed by atoms with Crippen LogP contribution in [0.4, 0.5) is 5.82 Å². The highest BCUT2D eigenvalue weighted by Gasteiger charge is 2.12. The fourth-order valence-corrected chi connectivity index (χ4v) is 2.78. The first kappa shape index (κ1) is 15.3. The van der Waals surface area contributed by atoms with Crippen molar-refractivity contribution < 1.29 is 0 Å². The van der Waals surface area contributed by atoms with E-state index < -0.39 is 0 Å². The first-order valence-corrected chi connectivity index (χ1v) is 7.79. The Bertz CT molecular complexity index is 602. The van der Waals surface area contributed by atoms with Crippen LogP contribution in [0.1, 0.15) is 30.4 Å². The molecule has 1 heterocycles. The van der Waals surface area contributed by atoms with E-state index in [2.05, 4.69) is 38.1 Å². The fraction of sp³-hybridized carbons (Fsp3) is 0.333. The molecule has 0 saturated carbocycles. The van der Waals surface area contributed by atoms with Crippen molar-refractivity contribution in [1.82, 2.24) is 9.97 Å². The Morgan fingerprint density at radius 2 is 2.00 bits per heavy atom. The van der Waals surface area contributed by atoms with Crippen molar-refractivity contribution in [3.05, 3.63) is 50.8 Å². The molecule has 0 spiro atoms. The Morgan fingerprint density at radius 1 is 1.25 bits per heavy atom. The summed E-state index contributed by atoms with van der Waals surface area (Å²) in [5.41, 5.74) is 2.08. The second-order valence-electron chi connectivity index (χ2n) is 4.52. The smallest absolute Gasteiger partial charge is 0.144 e. The number of aromatic nitrogens is 2. The maximum absolute atomic E-state index is 6.20. The van der Waals surface area contributed by atoms with E-state index in [0.29, 0.717) is 6.42 Å². The van der Waals surface area contributed by atoms with Crippen molar-refractivity contribution in [2.75, 3.05) is 12.4 Å². The molecule has 106 valence electrons. The van der Waals surface area contributed by atoms with Gasteiger partial charge >= 0.3 is 0 Å². The molecule has 3 nitrogen and oxygen atoms in total. The number of benzene rings is 1. The van der Waals surface area contributed by atoms with Gasteiger partial charge in [0.2, 0.25) is 0 Å². The highest BCUT2D eigenvalue weighted by atomic mass is 79.9. The Hall–Kier alpha value is -1.13. The summed E-state index contributed by atoms with van der Waals surface area (Å²) in [4.78, 5) is 9.19. The van der Waals surface area contributed by atoms with Crippen LogP contribution < -0.4 is 5.32 Å². The van der Waals surface area contributed by atoms with Crippen molar-refractivity contribution >= 4 is 33.3 Å². The molecule has 2 rings (SSSR count). The van der Waals surface area contributed by atoms with Gasteiger partial charge in [0.15, 0.2) is 0 Å². The largest absolute Gasteiger partial charge is 0.372 e. The molecule has 0 radical (unpaired) electrons. The number of hydrogen-bond donors (Lipinski definition) is 1. The second-order valence-corrected chi connectivity index (χ2v) is 5.72. The molecule has 1 aromatic carbocycles. The molecule has 0 saturated heterocycles. The third-order valence-electron chi connectivity index (χ3n) is 3.00. The normalized spacial score (nSPS) is 10.6. The monoisotopic (exact) mass is 353 g/mol. The van der Waals surface area contributed by atoms with Crippen LogP contribution in [0.5, 0.6) is 0 Å². The lowest BCUT2D eigenvalue weighted by atomic mass is 10.1. The van der Waals surface area contributed by atoms with Gasteiger partial charge in [0.1, 0.15) is 11.6 Å². The first-order valence-electron chi connectivity index (χ1n) is 6.62. The minimum atomic E-state index is 0.637. The molecule has 0 bridgehead atoms. The third kappa shape index (κ3) is 3.49. The minimum Gasteiger partial charge on any atom is -0.372 e. The summed E-state index contributed by atoms with van der Waals surface area (Å²) in [6.45, 7) is 2.14. The summed E-state index contributed by atoms with van der Waals surface area (Å²) in [5, 5.41) is 3.86. The summed E-state index contributed by atoms with van der Waals surface area (Å²) in [6.07, 6.45) is 2.61. The lowest BCUT2D eigenvalue weighted by Gasteiger charge is -2.11. The van der Waals surface area contributed by atoms with E-state index in [1.54, 1.807) is 0 Å². The van der Waals surface area contributed by atoms with Crippen molar-refractivity contribution in [3.63, 3.8) is 0 Å². The summed E-state index contributed by atoms with van der Waals surface area (Å²) in [5.74, 6) is 1.61. The second kappa shape index (κ2) is 7.04. The average Bonchev–Trinajstić information content (AvgIpc) is 2.45. The van der Waals surface area contributed by atoms with E-state index in [1.165, 1.54) is 0 Å². The highest BCUT2D eigenvalue weighted by Crippen LogP contribution is 2.26. The van der Waals surface area contributed by atoms with Crippen LogP contribution in [0, 0.1) is 0 Å². The zero-order chi connectivity index (χ0) is 14.5. The van der Waals surface area contributed by atoms with E-state index in [0.717, 1.165) is 45.2 Å². The van der Waals surface area contributed by atoms with Gasteiger partial charge in [-0.1, -0.05) is 43.1 Å². The Morgan fingerprint density at radius 3 is 2.65 bits per heavy atom. The lowest BCUT2D eigenvalue weighted by Crippen LogP contribution is -2.06. The number of hydrogen-bond acceptors (Lipinski definition) is 3. The maximum Gasteiger partial charge on any atom is 0.144 e. The number of halogens is 2. The molecule has 0 atom stereocenters. The molecule has 0 fully saturated rings. The molecule has 0 aliphatic heterocycles. The van der Waals surface area contributed by atoms with Crippen LogP contribution in [0.15, 0.2) is 28.7 Å². The van der Waals surface area contributed by atoms with Gasteiger partial charge in [-0.05, 0) is 34.0 Å². The van der Waals surface area contributed by atoms with Gasteiger partial charge in [-0.25, -0.2) is 9.97 Å². The maximum atomic E-state index is 6.20.